The van der Waals surface area contributed by atoms with Gasteiger partial charge in [-0.25, -0.2) is 0 Å². The topological polar surface area (TPSA) is 38.0 Å². The van der Waals surface area contributed by atoms with Gasteiger partial charge in [0.25, 0.3) is 0 Å². The summed E-state index contributed by atoms with van der Waals surface area (Å²) in [5.41, 5.74) is 3.02. The highest BCUT2D eigenvalue weighted by molar-refractivity contribution is 5.36. The summed E-state index contributed by atoms with van der Waals surface area (Å²) >= 11 is 0. The lowest BCUT2D eigenvalue weighted by molar-refractivity contribution is 0.0518. The second-order valence-corrected chi connectivity index (χ2v) is 5.05. The molecule has 1 N–H and O–H groups in total. The maximum atomic E-state index is 10.6. The minimum absolute atomic E-state index is 0.632. The van der Waals surface area contributed by atoms with Crippen LogP contribution in [0.15, 0.2) is 36.7 Å². The standard InChI is InChI=1S/C14H16N2O/c1-16-10-11(9-15-16)6-14(17)7-12-4-2-3-5-13(12)8-14/h2-5,9-10,17H,6-8H2,1H3. The number of aromatic nitrogens is 2. The lowest BCUT2D eigenvalue weighted by Crippen LogP contribution is -2.31. The zero-order chi connectivity index (χ0) is 11.9. The van der Waals surface area contributed by atoms with Crippen molar-refractivity contribution in [1.29, 1.82) is 0 Å². The van der Waals surface area contributed by atoms with Crippen LogP contribution in [0.4, 0.5) is 0 Å². The smallest absolute Gasteiger partial charge is 0.0769 e. The van der Waals surface area contributed by atoms with E-state index >= 15 is 0 Å². The fourth-order valence-corrected chi connectivity index (χ4v) is 2.74. The van der Waals surface area contributed by atoms with Crippen molar-refractivity contribution in [2.24, 2.45) is 7.05 Å². The SMILES string of the molecule is Cn1cc(CC2(O)Cc3ccccc3C2)cn1. The highest BCUT2D eigenvalue weighted by Crippen LogP contribution is 2.32. The van der Waals surface area contributed by atoms with Crippen molar-refractivity contribution in [3.63, 3.8) is 0 Å². The molecule has 2 aromatic rings. The Hall–Kier alpha value is -1.61. The van der Waals surface area contributed by atoms with Crippen molar-refractivity contribution in [1.82, 2.24) is 9.78 Å². The average molecular weight is 228 g/mol. The summed E-state index contributed by atoms with van der Waals surface area (Å²) in [6, 6.07) is 8.29. The first kappa shape index (κ1) is 10.5. The van der Waals surface area contributed by atoms with Crippen molar-refractivity contribution in [2.75, 3.05) is 0 Å². The monoisotopic (exact) mass is 228 g/mol. The second-order valence-electron chi connectivity index (χ2n) is 5.05. The average Bonchev–Trinajstić information content (AvgIpc) is 2.81. The molecule has 0 fully saturated rings. The van der Waals surface area contributed by atoms with E-state index in [9.17, 15) is 5.11 Å². The maximum absolute atomic E-state index is 10.6. The first-order chi connectivity index (χ1) is 8.15. The molecule has 0 amide bonds. The Labute approximate surface area is 101 Å². The summed E-state index contributed by atoms with van der Waals surface area (Å²) in [7, 11) is 1.90. The van der Waals surface area contributed by atoms with Gasteiger partial charge in [0, 0.05) is 32.5 Å². The molecule has 0 spiro atoms. The fraction of sp³-hybridized carbons (Fsp3) is 0.357. The quantitative estimate of drug-likeness (QED) is 0.845. The molecule has 1 aliphatic carbocycles. The molecule has 17 heavy (non-hydrogen) atoms. The summed E-state index contributed by atoms with van der Waals surface area (Å²) < 4.78 is 1.78. The molecule has 3 heteroatoms. The molecule has 0 unspecified atom stereocenters. The van der Waals surface area contributed by atoms with E-state index in [-0.39, 0.29) is 0 Å². The zero-order valence-electron chi connectivity index (χ0n) is 9.93. The predicted molar refractivity (Wildman–Crippen MR) is 65.7 cm³/mol. The molecule has 0 aliphatic heterocycles. The van der Waals surface area contributed by atoms with Gasteiger partial charge in [-0.15, -0.1) is 0 Å². The Balaban J connectivity index is 1.82. The highest BCUT2D eigenvalue weighted by atomic mass is 16.3. The molecule has 0 atom stereocenters. The molecular formula is C14H16N2O. The number of benzene rings is 1. The van der Waals surface area contributed by atoms with Gasteiger partial charge in [0.2, 0.25) is 0 Å². The number of rotatable bonds is 2. The van der Waals surface area contributed by atoms with Crippen molar-refractivity contribution < 1.29 is 5.11 Å². The minimum atomic E-state index is -0.632. The van der Waals surface area contributed by atoms with Crippen LogP contribution in [0.5, 0.6) is 0 Å². The second kappa shape index (κ2) is 3.70. The Morgan fingerprint density at radius 2 is 1.94 bits per heavy atom. The summed E-state index contributed by atoms with van der Waals surface area (Å²) in [6.07, 6.45) is 5.98. The van der Waals surface area contributed by atoms with E-state index in [1.54, 1.807) is 4.68 Å². The number of nitrogens with zero attached hydrogens (tertiary/aromatic N) is 2. The van der Waals surface area contributed by atoms with E-state index in [2.05, 4.69) is 17.2 Å². The molecule has 0 bridgehead atoms. The summed E-state index contributed by atoms with van der Waals surface area (Å²) in [5.74, 6) is 0. The van der Waals surface area contributed by atoms with E-state index in [0.29, 0.717) is 6.42 Å². The Morgan fingerprint density at radius 3 is 2.47 bits per heavy atom. The van der Waals surface area contributed by atoms with Gasteiger partial charge in [0.1, 0.15) is 0 Å². The van der Waals surface area contributed by atoms with Crippen LogP contribution in [-0.2, 0) is 26.3 Å². The van der Waals surface area contributed by atoms with Crippen LogP contribution in [0.3, 0.4) is 0 Å². The molecule has 88 valence electrons. The molecule has 0 radical (unpaired) electrons. The molecule has 3 nitrogen and oxygen atoms in total. The van der Waals surface area contributed by atoms with Crippen molar-refractivity contribution in [2.45, 2.75) is 24.9 Å². The largest absolute Gasteiger partial charge is 0.389 e. The van der Waals surface area contributed by atoms with Gasteiger partial charge in [0.05, 0.1) is 11.8 Å². The van der Waals surface area contributed by atoms with Gasteiger partial charge in [-0.05, 0) is 16.7 Å². The van der Waals surface area contributed by atoms with Gasteiger partial charge >= 0.3 is 0 Å². The molecule has 3 rings (SSSR count). The number of fused-ring (bicyclic) bond motifs is 1. The zero-order valence-corrected chi connectivity index (χ0v) is 9.93. The summed E-state index contributed by atoms with van der Waals surface area (Å²) in [6.45, 7) is 0. The first-order valence-electron chi connectivity index (χ1n) is 5.91. The van der Waals surface area contributed by atoms with Crippen LogP contribution in [-0.4, -0.2) is 20.5 Å². The third-order valence-corrected chi connectivity index (χ3v) is 3.45. The van der Waals surface area contributed by atoms with Crippen LogP contribution in [0.1, 0.15) is 16.7 Å². The third-order valence-electron chi connectivity index (χ3n) is 3.45. The molecule has 0 saturated carbocycles. The maximum Gasteiger partial charge on any atom is 0.0769 e. The number of hydrogen-bond acceptors (Lipinski definition) is 2. The van der Waals surface area contributed by atoms with Crippen molar-refractivity contribution in [3.8, 4) is 0 Å². The Bertz CT molecular complexity index is 520. The number of aliphatic hydroxyl groups is 1. The number of hydrogen-bond donors (Lipinski definition) is 1. The van der Waals surface area contributed by atoms with Gasteiger partial charge in [-0.1, -0.05) is 24.3 Å². The third kappa shape index (κ3) is 1.98. The van der Waals surface area contributed by atoms with Crippen LogP contribution < -0.4 is 0 Å². The van der Waals surface area contributed by atoms with Crippen molar-refractivity contribution in [3.05, 3.63) is 53.3 Å². The minimum Gasteiger partial charge on any atom is -0.389 e. The predicted octanol–water partition coefficient (Wildman–Crippen LogP) is 1.49. The summed E-state index contributed by atoms with van der Waals surface area (Å²) in [5, 5.41) is 14.8. The van der Waals surface area contributed by atoms with E-state index in [1.807, 2.05) is 31.6 Å². The van der Waals surface area contributed by atoms with Gasteiger partial charge in [0.15, 0.2) is 0 Å². The van der Waals surface area contributed by atoms with Crippen LogP contribution in [0.25, 0.3) is 0 Å². The van der Waals surface area contributed by atoms with Crippen LogP contribution >= 0.6 is 0 Å². The molecule has 1 aromatic carbocycles. The van der Waals surface area contributed by atoms with E-state index < -0.39 is 5.60 Å². The lowest BCUT2D eigenvalue weighted by atomic mass is 9.93. The normalized spacial score (nSPS) is 17.1. The molecule has 0 saturated heterocycles. The number of aryl methyl sites for hydroxylation is 1. The fourth-order valence-electron chi connectivity index (χ4n) is 2.74. The molecule has 1 aliphatic rings. The summed E-state index contributed by atoms with van der Waals surface area (Å²) in [4.78, 5) is 0. The van der Waals surface area contributed by atoms with Crippen LogP contribution in [0.2, 0.25) is 0 Å². The van der Waals surface area contributed by atoms with Gasteiger partial charge in [-0.2, -0.15) is 5.10 Å². The van der Waals surface area contributed by atoms with E-state index in [1.165, 1.54) is 11.1 Å². The van der Waals surface area contributed by atoms with Crippen LogP contribution in [0, 0.1) is 0 Å². The molecular weight excluding hydrogens is 212 g/mol. The van der Waals surface area contributed by atoms with Crippen molar-refractivity contribution >= 4 is 0 Å². The molecule has 1 heterocycles. The van der Waals surface area contributed by atoms with Gasteiger partial charge in [-0.3, -0.25) is 4.68 Å². The van der Waals surface area contributed by atoms with E-state index in [4.69, 9.17) is 0 Å². The first-order valence-corrected chi connectivity index (χ1v) is 5.91. The van der Waals surface area contributed by atoms with Gasteiger partial charge < -0.3 is 5.11 Å². The highest BCUT2D eigenvalue weighted by Gasteiger charge is 2.35. The lowest BCUT2D eigenvalue weighted by Gasteiger charge is -2.21. The molecule has 1 aromatic heterocycles. The van der Waals surface area contributed by atoms with E-state index in [0.717, 1.165) is 18.4 Å². The Kier molecular flexibility index (Phi) is 2.30. The Morgan fingerprint density at radius 1 is 1.29 bits per heavy atom.